The van der Waals surface area contributed by atoms with Gasteiger partial charge in [-0.05, 0) is 52.0 Å². The molecule has 0 heterocycles. The van der Waals surface area contributed by atoms with Crippen LogP contribution in [0.1, 0.15) is 46.5 Å². The van der Waals surface area contributed by atoms with Crippen LogP contribution in [0.3, 0.4) is 0 Å². The zero-order chi connectivity index (χ0) is 10.8. The Balaban J connectivity index is 1.84. The predicted molar refractivity (Wildman–Crippen MR) is 65.1 cm³/mol. The van der Waals surface area contributed by atoms with Gasteiger partial charge in [0.2, 0.25) is 0 Å². The van der Waals surface area contributed by atoms with Gasteiger partial charge in [-0.15, -0.1) is 0 Å². The summed E-state index contributed by atoms with van der Waals surface area (Å²) >= 11 is 0. The van der Waals surface area contributed by atoms with Gasteiger partial charge in [-0.2, -0.15) is 0 Å². The van der Waals surface area contributed by atoms with Gasteiger partial charge in [0.05, 0.1) is 0 Å². The molecule has 2 unspecified atom stereocenters. The Labute approximate surface area is 94.4 Å². The lowest BCUT2D eigenvalue weighted by Crippen LogP contribution is -2.48. The third-order valence-electron chi connectivity index (χ3n) is 3.95. The van der Waals surface area contributed by atoms with Crippen LogP contribution in [0.25, 0.3) is 0 Å². The molecule has 0 saturated heterocycles. The second-order valence-corrected chi connectivity index (χ2v) is 5.46. The lowest BCUT2D eigenvalue weighted by Gasteiger charge is -2.33. The summed E-state index contributed by atoms with van der Waals surface area (Å²) in [5, 5.41) is 3.56. The van der Waals surface area contributed by atoms with Gasteiger partial charge in [0.15, 0.2) is 0 Å². The van der Waals surface area contributed by atoms with Crippen LogP contribution in [-0.4, -0.2) is 36.1 Å². The van der Waals surface area contributed by atoms with E-state index >= 15 is 0 Å². The van der Waals surface area contributed by atoms with Crippen LogP contribution in [0, 0.1) is 5.92 Å². The number of hydrogen-bond acceptors (Lipinski definition) is 2. The van der Waals surface area contributed by atoms with Gasteiger partial charge in [-0.25, -0.2) is 0 Å². The van der Waals surface area contributed by atoms with Gasteiger partial charge >= 0.3 is 0 Å². The van der Waals surface area contributed by atoms with E-state index in [2.05, 4.69) is 31.0 Å². The number of likely N-dealkylation sites (N-methyl/N-ethyl adjacent to an activating group) is 1. The fraction of sp³-hybridized carbons (Fsp3) is 1.00. The molecule has 0 aliphatic heterocycles. The van der Waals surface area contributed by atoms with Crippen LogP contribution in [0.2, 0.25) is 0 Å². The molecule has 2 aliphatic rings. The molecule has 15 heavy (non-hydrogen) atoms. The van der Waals surface area contributed by atoms with E-state index < -0.39 is 0 Å². The first-order chi connectivity index (χ1) is 7.22. The quantitative estimate of drug-likeness (QED) is 0.693. The van der Waals surface area contributed by atoms with Gasteiger partial charge in [-0.3, -0.25) is 4.90 Å². The minimum atomic E-state index is 0.634. The standard InChI is InChI=1S/C13H26N2/c1-4-14-10(2)11(3)15(13-7-8-13)9-12-5-6-12/h10-14H,4-9H2,1-3H3. The average Bonchev–Trinajstić information content (AvgIpc) is 3.04. The highest BCUT2D eigenvalue weighted by Gasteiger charge is 2.37. The molecule has 1 N–H and O–H groups in total. The number of nitrogens with zero attached hydrogens (tertiary/aromatic N) is 1. The van der Waals surface area contributed by atoms with E-state index in [4.69, 9.17) is 0 Å². The summed E-state index contributed by atoms with van der Waals surface area (Å²) in [4.78, 5) is 2.77. The Hall–Kier alpha value is -0.0800. The smallest absolute Gasteiger partial charge is 0.0221 e. The van der Waals surface area contributed by atoms with Crippen LogP contribution in [0.4, 0.5) is 0 Å². The molecule has 0 aromatic heterocycles. The molecule has 2 rings (SSSR count). The molecule has 2 aliphatic carbocycles. The van der Waals surface area contributed by atoms with Crippen molar-refractivity contribution >= 4 is 0 Å². The van der Waals surface area contributed by atoms with Gasteiger partial charge in [0.1, 0.15) is 0 Å². The molecule has 2 nitrogen and oxygen atoms in total. The lowest BCUT2D eigenvalue weighted by atomic mass is 10.1. The summed E-state index contributed by atoms with van der Waals surface area (Å²) in [6.45, 7) is 9.38. The molecule has 2 heteroatoms. The molecular formula is C13H26N2. The van der Waals surface area contributed by atoms with Crippen LogP contribution >= 0.6 is 0 Å². The molecular weight excluding hydrogens is 184 g/mol. The Kier molecular flexibility index (Phi) is 3.68. The van der Waals surface area contributed by atoms with E-state index in [1.165, 1.54) is 32.2 Å². The monoisotopic (exact) mass is 210 g/mol. The van der Waals surface area contributed by atoms with Crippen molar-refractivity contribution in [1.82, 2.24) is 10.2 Å². The Morgan fingerprint density at radius 1 is 1.20 bits per heavy atom. The Morgan fingerprint density at radius 2 is 1.87 bits per heavy atom. The lowest BCUT2D eigenvalue weighted by molar-refractivity contribution is 0.159. The fourth-order valence-electron chi connectivity index (χ4n) is 2.43. The molecule has 2 atom stereocenters. The number of nitrogens with one attached hydrogen (secondary N) is 1. The van der Waals surface area contributed by atoms with Crippen LogP contribution in [0.15, 0.2) is 0 Å². The van der Waals surface area contributed by atoms with Crippen LogP contribution in [0.5, 0.6) is 0 Å². The Morgan fingerprint density at radius 3 is 2.33 bits per heavy atom. The van der Waals surface area contributed by atoms with Gasteiger partial charge in [0, 0.05) is 24.7 Å². The second kappa shape index (κ2) is 4.84. The molecule has 0 radical (unpaired) electrons. The van der Waals surface area contributed by atoms with E-state index in [-0.39, 0.29) is 0 Å². The molecule has 0 aromatic carbocycles. The zero-order valence-electron chi connectivity index (χ0n) is 10.5. The van der Waals surface area contributed by atoms with Crippen molar-refractivity contribution in [2.45, 2.75) is 64.6 Å². The third kappa shape index (κ3) is 3.18. The third-order valence-corrected chi connectivity index (χ3v) is 3.95. The topological polar surface area (TPSA) is 15.3 Å². The predicted octanol–water partition coefficient (Wildman–Crippen LogP) is 2.25. The SMILES string of the molecule is CCNC(C)C(C)N(CC1CC1)C1CC1. The van der Waals surface area contributed by atoms with Crippen molar-refractivity contribution in [2.75, 3.05) is 13.1 Å². The summed E-state index contributed by atoms with van der Waals surface area (Å²) in [6.07, 6.45) is 5.84. The summed E-state index contributed by atoms with van der Waals surface area (Å²) in [6, 6.07) is 2.26. The van der Waals surface area contributed by atoms with Crippen LogP contribution < -0.4 is 5.32 Å². The second-order valence-electron chi connectivity index (χ2n) is 5.46. The van der Waals surface area contributed by atoms with Gasteiger partial charge < -0.3 is 5.32 Å². The summed E-state index contributed by atoms with van der Waals surface area (Å²) in [7, 11) is 0. The molecule has 2 saturated carbocycles. The molecule has 0 bridgehead atoms. The summed E-state index contributed by atoms with van der Waals surface area (Å²) < 4.78 is 0. The minimum Gasteiger partial charge on any atom is -0.313 e. The molecule has 0 amide bonds. The maximum absolute atomic E-state index is 3.56. The summed E-state index contributed by atoms with van der Waals surface area (Å²) in [5.74, 6) is 1.03. The molecule has 2 fully saturated rings. The molecule has 0 aromatic rings. The van der Waals surface area contributed by atoms with Crippen molar-refractivity contribution in [2.24, 2.45) is 5.92 Å². The zero-order valence-corrected chi connectivity index (χ0v) is 10.5. The van der Waals surface area contributed by atoms with Crippen molar-refractivity contribution in [3.8, 4) is 0 Å². The highest BCUT2D eigenvalue weighted by molar-refractivity contribution is 4.93. The highest BCUT2D eigenvalue weighted by atomic mass is 15.2. The van der Waals surface area contributed by atoms with E-state index in [0.29, 0.717) is 12.1 Å². The first-order valence-corrected chi connectivity index (χ1v) is 6.71. The Bertz CT molecular complexity index is 197. The van der Waals surface area contributed by atoms with E-state index in [1.54, 1.807) is 0 Å². The number of hydrogen-bond donors (Lipinski definition) is 1. The molecule has 88 valence electrons. The number of rotatable bonds is 7. The average molecular weight is 210 g/mol. The van der Waals surface area contributed by atoms with Gasteiger partial charge in [-0.1, -0.05) is 6.92 Å². The first-order valence-electron chi connectivity index (χ1n) is 6.71. The van der Waals surface area contributed by atoms with Crippen LogP contribution in [-0.2, 0) is 0 Å². The highest BCUT2D eigenvalue weighted by Crippen LogP contribution is 2.36. The molecule has 0 spiro atoms. The fourth-order valence-corrected chi connectivity index (χ4v) is 2.43. The normalized spacial score (nSPS) is 25.6. The summed E-state index contributed by atoms with van der Waals surface area (Å²) in [5.41, 5.74) is 0. The maximum atomic E-state index is 3.56. The van der Waals surface area contributed by atoms with Gasteiger partial charge in [0.25, 0.3) is 0 Å². The van der Waals surface area contributed by atoms with Crippen molar-refractivity contribution in [3.63, 3.8) is 0 Å². The first kappa shape index (κ1) is 11.4. The van der Waals surface area contributed by atoms with E-state index in [9.17, 15) is 0 Å². The largest absolute Gasteiger partial charge is 0.313 e. The van der Waals surface area contributed by atoms with Crippen molar-refractivity contribution < 1.29 is 0 Å². The van der Waals surface area contributed by atoms with Crippen molar-refractivity contribution in [1.29, 1.82) is 0 Å². The minimum absolute atomic E-state index is 0.634. The van der Waals surface area contributed by atoms with E-state index in [0.717, 1.165) is 18.5 Å². The van der Waals surface area contributed by atoms with E-state index in [1.807, 2.05) is 0 Å². The van der Waals surface area contributed by atoms with Crippen molar-refractivity contribution in [3.05, 3.63) is 0 Å². The maximum Gasteiger partial charge on any atom is 0.0221 e.